The average molecular weight is 245 g/mol. The van der Waals surface area contributed by atoms with E-state index in [-0.39, 0.29) is 12.6 Å². The Morgan fingerprint density at radius 3 is 2.41 bits per heavy atom. The van der Waals surface area contributed by atoms with E-state index in [1.54, 1.807) is 20.8 Å². The van der Waals surface area contributed by atoms with Crippen LogP contribution in [0.2, 0.25) is 0 Å². The third kappa shape index (κ3) is 5.04. The molecule has 0 aromatic rings. The highest BCUT2D eigenvalue weighted by atomic mass is 16.6. The lowest BCUT2D eigenvalue weighted by Gasteiger charge is -2.28. The summed E-state index contributed by atoms with van der Waals surface area (Å²) >= 11 is 0. The van der Waals surface area contributed by atoms with Crippen LogP contribution < -0.4 is 5.32 Å². The number of carboxylic acids is 1. The van der Waals surface area contributed by atoms with E-state index in [9.17, 15) is 9.59 Å². The number of carbonyl (C=O) groups excluding carboxylic acids is 1. The number of carboxylic acid groups (broad SMARTS) is 1. The van der Waals surface area contributed by atoms with Gasteiger partial charge in [-0.2, -0.15) is 0 Å². The standard InChI is InChI=1S/C11H19NO5/c1-11(2,3)17-10(15)12-7-4-5-8(9(13)14)16-6-7/h7-8H,4-6H2,1-3H3,(H,12,15)(H,13,14). The van der Waals surface area contributed by atoms with Gasteiger partial charge in [0, 0.05) is 0 Å². The molecule has 1 aliphatic rings. The molecule has 0 aromatic carbocycles. The maximum Gasteiger partial charge on any atom is 0.407 e. The van der Waals surface area contributed by atoms with Crippen LogP contribution in [0.4, 0.5) is 4.79 Å². The number of carbonyl (C=O) groups is 2. The van der Waals surface area contributed by atoms with Crippen molar-refractivity contribution in [1.82, 2.24) is 5.32 Å². The van der Waals surface area contributed by atoms with Gasteiger partial charge in [-0.15, -0.1) is 0 Å². The fraction of sp³-hybridized carbons (Fsp3) is 0.818. The number of hydrogen-bond donors (Lipinski definition) is 2. The highest BCUT2D eigenvalue weighted by Crippen LogP contribution is 2.14. The number of aliphatic carboxylic acids is 1. The first-order valence-electron chi connectivity index (χ1n) is 5.62. The predicted octanol–water partition coefficient (Wildman–Crippen LogP) is 1.14. The monoisotopic (exact) mass is 245 g/mol. The summed E-state index contributed by atoms with van der Waals surface area (Å²) in [6.07, 6.45) is -0.280. The molecule has 1 rings (SSSR count). The van der Waals surface area contributed by atoms with Crippen molar-refractivity contribution in [2.75, 3.05) is 6.61 Å². The summed E-state index contributed by atoms with van der Waals surface area (Å²) in [5, 5.41) is 11.4. The molecular weight excluding hydrogens is 226 g/mol. The Hall–Kier alpha value is -1.30. The minimum atomic E-state index is -0.958. The van der Waals surface area contributed by atoms with E-state index < -0.39 is 23.8 Å². The maximum absolute atomic E-state index is 11.4. The van der Waals surface area contributed by atoms with Crippen LogP contribution in [0.3, 0.4) is 0 Å². The van der Waals surface area contributed by atoms with Crippen LogP contribution in [-0.2, 0) is 14.3 Å². The third-order valence-electron chi connectivity index (χ3n) is 2.27. The molecule has 0 aromatic heterocycles. The van der Waals surface area contributed by atoms with Gasteiger partial charge in [-0.1, -0.05) is 0 Å². The quantitative estimate of drug-likeness (QED) is 0.762. The van der Waals surface area contributed by atoms with Crippen molar-refractivity contribution in [3.8, 4) is 0 Å². The molecular formula is C11H19NO5. The van der Waals surface area contributed by atoms with Crippen LogP contribution in [0.1, 0.15) is 33.6 Å². The van der Waals surface area contributed by atoms with Crippen molar-refractivity contribution in [3.63, 3.8) is 0 Å². The molecule has 0 aliphatic carbocycles. The van der Waals surface area contributed by atoms with Gasteiger partial charge in [0.15, 0.2) is 6.10 Å². The Morgan fingerprint density at radius 2 is 2.00 bits per heavy atom. The molecule has 1 fully saturated rings. The van der Waals surface area contributed by atoms with E-state index in [4.69, 9.17) is 14.6 Å². The highest BCUT2D eigenvalue weighted by molar-refractivity contribution is 5.72. The number of amides is 1. The summed E-state index contributed by atoms with van der Waals surface area (Å²) in [4.78, 5) is 22.1. The minimum Gasteiger partial charge on any atom is -0.479 e. The van der Waals surface area contributed by atoms with Crippen molar-refractivity contribution in [2.45, 2.75) is 51.4 Å². The molecule has 6 nitrogen and oxygen atoms in total. The lowest BCUT2D eigenvalue weighted by Crippen LogP contribution is -2.46. The summed E-state index contributed by atoms with van der Waals surface area (Å²) in [7, 11) is 0. The summed E-state index contributed by atoms with van der Waals surface area (Å²) in [5.74, 6) is -0.958. The Morgan fingerprint density at radius 1 is 1.35 bits per heavy atom. The SMILES string of the molecule is CC(C)(C)OC(=O)NC1CCC(C(=O)O)OC1. The predicted molar refractivity (Wildman–Crippen MR) is 59.8 cm³/mol. The largest absolute Gasteiger partial charge is 0.479 e. The van der Waals surface area contributed by atoms with Crippen molar-refractivity contribution in [3.05, 3.63) is 0 Å². The summed E-state index contributed by atoms with van der Waals surface area (Å²) in [5.41, 5.74) is -0.538. The van der Waals surface area contributed by atoms with Gasteiger partial charge >= 0.3 is 12.1 Å². The normalized spacial score (nSPS) is 25.1. The molecule has 0 radical (unpaired) electrons. The second-order valence-corrected chi connectivity index (χ2v) is 5.08. The Bertz CT molecular complexity index is 289. The zero-order valence-electron chi connectivity index (χ0n) is 10.4. The molecule has 6 heteroatoms. The van der Waals surface area contributed by atoms with Crippen LogP contribution >= 0.6 is 0 Å². The molecule has 17 heavy (non-hydrogen) atoms. The zero-order valence-corrected chi connectivity index (χ0v) is 10.4. The second kappa shape index (κ2) is 5.35. The molecule has 1 amide bonds. The van der Waals surface area contributed by atoms with E-state index in [1.807, 2.05) is 0 Å². The molecule has 1 saturated heterocycles. The van der Waals surface area contributed by atoms with E-state index in [0.717, 1.165) is 0 Å². The summed E-state index contributed by atoms with van der Waals surface area (Å²) in [6.45, 7) is 5.55. The maximum atomic E-state index is 11.4. The van der Waals surface area contributed by atoms with E-state index in [2.05, 4.69) is 5.32 Å². The summed E-state index contributed by atoms with van der Waals surface area (Å²) in [6, 6.07) is -0.180. The molecule has 1 aliphatic heterocycles. The van der Waals surface area contributed by atoms with Gasteiger partial charge < -0.3 is 19.9 Å². The van der Waals surface area contributed by atoms with E-state index in [0.29, 0.717) is 12.8 Å². The number of nitrogens with one attached hydrogen (secondary N) is 1. The Kier molecular flexibility index (Phi) is 4.34. The van der Waals surface area contributed by atoms with Crippen LogP contribution in [0, 0.1) is 0 Å². The van der Waals surface area contributed by atoms with E-state index in [1.165, 1.54) is 0 Å². The van der Waals surface area contributed by atoms with E-state index >= 15 is 0 Å². The lowest BCUT2D eigenvalue weighted by molar-refractivity contribution is -0.153. The molecule has 1 heterocycles. The molecule has 2 unspecified atom stereocenters. The van der Waals surface area contributed by atoms with Gasteiger partial charge in [-0.3, -0.25) is 0 Å². The third-order valence-corrected chi connectivity index (χ3v) is 2.27. The number of ether oxygens (including phenoxy) is 2. The van der Waals surface area contributed by atoms with Gasteiger partial charge in [0.2, 0.25) is 0 Å². The average Bonchev–Trinajstić information content (AvgIpc) is 2.15. The first-order valence-corrected chi connectivity index (χ1v) is 5.62. The van der Waals surface area contributed by atoms with Gasteiger partial charge in [-0.25, -0.2) is 9.59 Å². The van der Waals surface area contributed by atoms with Crippen molar-refractivity contribution in [1.29, 1.82) is 0 Å². The molecule has 0 saturated carbocycles. The van der Waals surface area contributed by atoms with Gasteiger partial charge in [0.1, 0.15) is 5.60 Å². The van der Waals surface area contributed by atoms with Crippen LogP contribution in [0.5, 0.6) is 0 Å². The van der Waals surface area contributed by atoms with Gasteiger partial charge in [0.05, 0.1) is 12.6 Å². The number of hydrogen-bond acceptors (Lipinski definition) is 4. The first kappa shape index (κ1) is 13.8. The van der Waals surface area contributed by atoms with Crippen molar-refractivity contribution >= 4 is 12.1 Å². The topological polar surface area (TPSA) is 84.9 Å². The van der Waals surface area contributed by atoms with Gasteiger partial charge in [0.25, 0.3) is 0 Å². The fourth-order valence-corrected chi connectivity index (χ4v) is 1.53. The minimum absolute atomic E-state index is 0.180. The zero-order chi connectivity index (χ0) is 13.1. The molecule has 98 valence electrons. The fourth-order valence-electron chi connectivity index (χ4n) is 1.53. The molecule has 2 atom stereocenters. The molecule has 0 spiro atoms. The molecule has 2 N–H and O–H groups in total. The Labute approximate surface area is 100 Å². The number of rotatable bonds is 2. The highest BCUT2D eigenvalue weighted by Gasteiger charge is 2.28. The van der Waals surface area contributed by atoms with Gasteiger partial charge in [-0.05, 0) is 33.6 Å². The number of alkyl carbamates (subject to hydrolysis) is 1. The van der Waals surface area contributed by atoms with Crippen molar-refractivity contribution < 1.29 is 24.2 Å². The van der Waals surface area contributed by atoms with Crippen LogP contribution in [0.25, 0.3) is 0 Å². The molecule has 0 bridgehead atoms. The second-order valence-electron chi connectivity index (χ2n) is 5.08. The van der Waals surface area contributed by atoms with Crippen molar-refractivity contribution in [2.24, 2.45) is 0 Å². The summed E-state index contributed by atoms with van der Waals surface area (Å²) < 4.78 is 10.2. The van der Waals surface area contributed by atoms with Crippen LogP contribution in [-0.4, -0.2) is 41.5 Å². The lowest BCUT2D eigenvalue weighted by atomic mass is 10.1. The van der Waals surface area contributed by atoms with Crippen LogP contribution in [0.15, 0.2) is 0 Å². The Balaban J connectivity index is 2.31. The first-order chi connectivity index (χ1) is 7.78. The smallest absolute Gasteiger partial charge is 0.407 e.